The van der Waals surface area contributed by atoms with Crippen molar-refractivity contribution in [1.29, 1.82) is 0 Å². The summed E-state index contributed by atoms with van der Waals surface area (Å²) in [5.41, 5.74) is 3.52. The van der Waals surface area contributed by atoms with Gasteiger partial charge in [0.2, 0.25) is 0 Å². The summed E-state index contributed by atoms with van der Waals surface area (Å²) in [6.07, 6.45) is 1.45. The van der Waals surface area contributed by atoms with Crippen molar-refractivity contribution < 1.29 is 14.6 Å². The molecule has 1 atom stereocenters. The largest absolute Gasteiger partial charge is 0.476 e. The molecule has 1 aromatic carbocycles. The van der Waals surface area contributed by atoms with Gasteiger partial charge in [0.1, 0.15) is 11.8 Å². The van der Waals surface area contributed by atoms with Gasteiger partial charge < -0.3 is 9.84 Å². The van der Waals surface area contributed by atoms with Crippen molar-refractivity contribution in [3.05, 3.63) is 40.7 Å². The van der Waals surface area contributed by atoms with E-state index in [4.69, 9.17) is 4.74 Å². The number of hydrogen-bond donors (Lipinski definition) is 1. The molecule has 3 rings (SSSR count). The van der Waals surface area contributed by atoms with Gasteiger partial charge in [-0.2, -0.15) is 0 Å². The maximum absolute atomic E-state index is 11.4. The van der Waals surface area contributed by atoms with E-state index in [9.17, 15) is 9.90 Å². The second kappa shape index (κ2) is 5.29. The fourth-order valence-electron chi connectivity index (χ4n) is 2.74. The second-order valence-corrected chi connectivity index (χ2v) is 5.33. The number of nitrogens with zero attached hydrogens (tertiary/aromatic N) is 3. The Bertz CT molecular complexity index is 687. The molecule has 21 heavy (non-hydrogen) atoms. The van der Waals surface area contributed by atoms with Gasteiger partial charge in [-0.3, -0.25) is 0 Å². The van der Waals surface area contributed by atoms with E-state index in [0.717, 1.165) is 29.7 Å². The van der Waals surface area contributed by atoms with Crippen molar-refractivity contribution in [3.8, 4) is 5.69 Å². The molecule has 0 bridgehead atoms. The second-order valence-electron chi connectivity index (χ2n) is 5.33. The molecule has 0 spiro atoms. The lowest BCUT2D eigenvalue weighted by Crippen LogP contribution is -2.12. The van der Waals surface area contributed by atoms with Gasteiger partial charge in [0.15, 0.2) is 5.69 Å². The van der Waals surface area contributed by atoms with E-state index < -0.39 is 5.97 Å². The number of aromatic nitrogens is 3. The Kier molecular flexibility index (Phi) is 3.47. The van der Waals surface area contributed by atoms with Crippen LogP contribution in [0.1, 0.15) is 46.3 Å². The SMILES string of the molecule is Cc1ccc(-n2nnc(C(=O)O)c2C2CCCO2)c(C)c1. The first-order chi connectivity index (χ1) is 10.1. The zero-order valence-electron chi connectivity index (χ0n) is 12.0. The first-order valence-electron chi connectivity index (χ1n) is 6.96. The number of aryl methyl sites for hydroxylation is 2. The zero-order valence-corrected chi connectivity index (χ0v) is 12.0. The van der Waals surface area contributed by atoms with E-state index in [1.54, 1.807) is 4.68 Å². The summed E-state index contributed by atoms with van der Waals surface area (Å²) in [4.78, 5) is 11.4. The van der Waals surface area contributed by atoms with Crippen LogP contribution in [0.2, 0.25) is 0 Å². The topological polar surface area (TPSA) is 77.2 Å². The number of rotatable bonds is 3. The molecule has 1 fully saturated rings. The van der Waals surface area contributed by atoms with Gasteiger partial charge in [0, 0.05) is 6.61 Å². The predicted molar refractivity (Wildman–Crippen MR) is 75.7 cm³/mol. The highest BCUT2D eigenvalue weighted by molar-refractivity contribution is 5.86. The van der Waals surface area contributed by atoms with E-state index in [-0.39, 0.29) is 11.8 Å². The monoisotopic (exact) mass is 287 g/mol. The predicted octanol–water partition coefficient (Wildman–Crippen LogP) is 2.43. The molecule has 2 aromatic rings. The van der Waals surface area contributed by atoms with Crippen LogP contribution in [0.3, 0.4) is 0 Å². The quantitative estimate of drug-likeness (QED) is 0.938. The van der Waals surface area contributed by atoms with Gasteiger partial charge >= 0.3 is 5.97 Å². The molecule has 0 saturated carbocycles. The van der Waals surface area contributed by atoms with Crippen LogP contribution in [0.25, 0.3) is 5.69 Å². The average molecular weight is 287 g/mol. The Balaban J connectivity index is 2.15. The van der Waals surface area contributed by atoms with Crippen molar-refractivity contribution in [2.45, 2.75) is 32.8 Å². The summed E-state index contributed by atoms with van der Waals surface area (Å²) < 4.78 is 7.26. The average Bonchev–Trinajstić information content (AvgIpc) is 3.06. The van der Waals surface area contributed by atoms with Crippen molar-refractivity contribution in [3.63, 3.8) is 0 Å². The first kappa shape index (κ1) is 13.8. The van der Waals surface area contributed by atoms with Crippen LogP contribution in [0, 0.1) is 13.8 Å². The molecule has 6 nitrogen and oxygen atoms in total. The van der Waals surface area contributed by atoms with Gasteiger partial charge in [0.05, 0.1) is 5.69 Å². The molecule has 1 aliphatic rings. The number of carboxylic acid groups (broad SMARTS) is 1. The Morgan fingerprint density at radius 1 is 1.43 bits per heavy atom. The van der Waals surface area contributed by atoms with E-state index in [0.29, 0.717) is 12.3 Å². The summed E-state index contributed by atoms with van der Waals surface area (Å²) >= 11 is 0. The lowest BCUT2D eigenvalue weighted by atomic mass is 10.1. The number of carbonyl (C=O) groups is 1. The summed E-state index contributed by atoms with van der Waals surface area (Å²) in [5, 5.41) is 17.2. The Morgan fingerprint density at radius 3 is 2.86 bits per heavy atom. The minimum atomic E-state index is -1.07. The van der Waals surface area contributed by atoms with Gasteiger partial charge in [-0.15, -0.1) is 5.10 Å². The molecule has 1 unspecified atom stereocenters. The van der Waals surface area contributed by atoms with Crippen molar-refractivity contribution in [2.24, 2.45) is 0 Å². The molecule has 110 valence electrons. The number of hydrogen-bond acceptors (Lipinski definition) is 4. The van der Waals surface area contributed by atoms with Crippen LogP contribution in [-0.4, -0.2) is 32.7 Å². The highest BCUT2D eigenvalue weighted by Gasteiger charge is 2.30. The number of carboxylic acids is 1. The maximum atomic E-state index is 11.4. The molecule has 1 saturated heterocycles. The van der Waals surface area contributed by atoms with Crippen LogP contribution >= 0.6 is 0 Å². The summed E-state index contributed by atoms with van der Waals surface area (Å²) in [5.74, 6) is -1.07. The van der Waals surface area contributed by atoms with Crippen LogP contribution < -0.4 is 0 Å². The van der Waals surface area contributed by atoms with Crippen molar-refractivity contribution in [1.82, 2.24) is 15.0 Å². The fourth-order valence-corrected chi connectivity index (χ4v) is 2.74. The van der Waals surface area contributed by atoms with Crippen LogP contribution in [-0.2, 0) is 4.74 Å². The number of ether oxygens (including phenoxy) is 1. The molecular formula is C15H17N3O3. The lowest BCUT2D eigenvalue weighted by molar-refractivity contribution is 0.0673. The third-order valence-electron chi connectivity index (χ3n) is 3.72. The fraction of sp³-hybridized carbons (Fsp3) is 0.400. The Morgan fingerprint density at radius 2 is 2.24 bits per heavy atom. The third kappa shape index (κ3) is 2.42. The molecule has 0 amide bonds. The highest BCUT2D eigenvalue weighted by atomic mass is 16.5. The summed E-state index contributed by atoms with van der Waals surface area (Å²) in [6, 6.07) is 5.95. The highest BCUT2D eigenvalue weighted by Crippen LogP contribution is 2.32. The third-order valence-corrected chi connectivity index (χ3v) is 3.72. The standard InChI is InChI=1S/C15H17N3O3/c1-9-5-6-11(10(2)8-9)18-14(12-4-3-7-21-12)13(15(19)20)16-17-18/h5-6,8,12H,3-4,7H2,1-2H3,(H,19,20). The molecule has 1 N–H and O–H groups in total. The lowest BCUT2D eigenvalue weighted by Gasteiger charge is -2.14. The van der Waals surface area contributed by atoms with E-state index >= 15 is 0 Å². The summed E-state index contributed by atoms with van der Waals surface area (Å²) in [7, 11) is 0. The van der Waals surface area contributed by atoms with Gasteiger partial charge in [0.25, 0.3) is 0 Å². The molecule has 1 aliphatic heterocycles. The first-order valence-corrected chi connectivity index (χ1v) is 6.96. The molecule has 0 radical (unpaired) electrons. The van der Waals surface area contributed by atoms with E-state index in [1.807, 2.05) is 32.0 Å². The molecule has 1 aromatic heterocycles. The molecule has 6 heteroatoms. The van der Waals surface area contributed by atoms with Crippen molar-refractivity contribution >= 4 is 5.97 Å². The zero-order chi connectivity index (χ0) is 15.0. The van der Waals surface area contributed by atoms with Crippen LogP contribution in [0.4, 0.5) is 0 Å². The van der Waals surface area contributed by atoms with Gasteiger partial charge in [-0.05, 0) is 38.3 Å². The molecule has 2 heterocycles. The van der Waals surface area contributed by atoms with Crippen LogP contribution in [0.5, 0.6) is 0 Å². The van der Waals surface area contributed by atoms with Gasteiger partial charge in [-0.25, -0.2) is 9.48 Å². The minimum Gasteiger partial charge on any atom is -0.476 e. The molecular weight excluding hydrogens is 270 g/mol. The smallest absolute Gasteiger partial charge is 0.358 e. The van der Waals surface area contributed by atoms with Crippen LogP contribution in [0.15, 0.2) is 18.2 Å². The molecule has 0 aliphatic carbocycles. The Labute approximate surface area is 122 Å². The van der Waals surface area contributed by atoms with E-state index in [2.05, 4.69) is 10.3 Å². The maximum Gasteiger partial charge on any atom is 0.358 e. The summed E-state index contributed by atoms with van der Waals surface area (Å²) in [6.45, 7) is 4.63. The van der Waals surface area contributed by atoms with Gasteiger partial charge in [-0.1, -0.05) is 22.9 Å². The van der Waals surface area contributed by atoms with Crippen molar-refractivity contribution in [2.75, 3.05) is 6.61 Å². The Hall–Kier alpha value is -2.21. The normalized spacial score (nSPS) is 18.1. The number of benzene rings is 1. The number of aromatic carboxylic acids is 1. The van der Waals surface area contributed by atoms with E-state index in [1.165, 1.54) is 0 Å². The minimum absolute atomic E-state index is 0.0260.